The zero-order valence-electron chi connectivity index (χ0n) is 27.2. The standard InChI is InChI=1S/C36H38FN9O2/c1-23-6-4-9-32(33(23)37)46-22-30(41-42-46)36(48)45-19-16-28-29(7-5-8-31(28)44-17-14-27(15-18-44)43(2)3)34(45)35(47)40-26-12-10-24(11-13-26)25-20-38-39-21-25/h4-13,20-22,27,34H,14-19H2,1-3H3,(H,38,39)(H,40,47)/t34-/m1/s1. The number of nitrogens with zero attached hydrogens (tertiary/aromatic N) is 7. The van der Waals surface area contributed by atoms with Gasteiger partial charge in [-0.05, 0) is 86.8 Å². The lowest BCUT2D eigenvalue weighted by atomic mass is 9.89. The Bertz CT molecular complexity index is 1930. The van der Waals surface area contributed by atoms with Gasteiger partial charge in [0, 0.05) is 48.8 Å². The van der Waals surface area contributed by atoms with Crippen LogP contribution in [0.15, 0.2) is 79.3 Å². The maximum atomic E-state index is 14.9. The molecule has 3 aromatic carbocycles. The molecule has 12 heteroatoms. The lowest BCUT2D eigenvalue weighted by Crippen LogP contribution is -2.46. The second-order valence-corrected chi connectivity index (χ2v) is 12.7. The van der Waals surface area contributed by atoms with Gasteiger partial charge in [0.1, 0.15) is 11.7 Å². The molecule has 2 amide bonds. The summed E-state index contributed by atoms with van der Waals surface area (Å²) in [6.45, 7) is 3.81. The van der Waals surface area contributed by atoms with E-state index < -0.39 is 17.8 Å². The van der Waals surface area contributed by atoms with Crippen LogP contribution in [0.4, 0.5) is 15.8 Å². The first-order valence-corrected chi connectivity index (χ1v) is 16.2. The summed E-state index contributed by atoms with van der Waals surface area (Å²) in [5.41, 5.74) is 6.15. The Labute approximate surface area is 278 Å². The van der Waals surface area contributed by atoms with Crippen molar-refractivity contribution in [2.45, 2.75) is 38.3 Å². The van der Waals surface area contributed by atoms with Gasteiger partial charge in [-0.3, -0.25) is 14.7 Å². The average Bonchev–Trinajstić information content (AvgIpc) is 3.82. The third-order valence-corrected chi connectivity index (χ3v) is 9.56. The Morgan fingerprint density at radius 2 is 1.71 bits per heavy atom. The molecule has 48 heavy (non-hydrogen) atoms. The number of piperidine rings is 1. The molecule has 0 spiro atoms. The van der Waals surface area contributed by atoms with E-state index in [1.807, 2.05) is 36.4 Å². The molecule has 2 aromatic heterocycles. The maximum absolute atomic E-state index is 14.9. The predicted molar refractivity (Wildman–Crippen MR) is 182 cm³/mol. The number of amides is 2. The topological polar surface area (TPSA) is 115 Å². The number of carbonyl (C=O) groups is 2. The molecule has 11 nitrogen and oxygen atoms in total. The highest BCUT2D eigenvalue weighted by molar-refractivity contribution is 6.01. The van der Waals surface area contributed by atoms with E-state index in [0.29, 0.717) is 30.3 Å². The third-order valence-electron chi connectivity index (χ3n) is 9.56. The molecular formula is C36H38FN9O2. The summed E-state index contributed by atoms with van der Waals surface area (Å²) in [4.78, 5) is 34.7. The Balaban J connectivity index is 1.21. The number of H-pyrrole nitrogens is 1. The van der Waals surface area contributed by atoms with Crippen molar-refractivity contribution in [1.82, 2.24) is 35.0 Å². The fourth-order valence-corrected chi connectivity index (χ4v) is 6.87. The Kier molecular flexibility index (Phi) is 8.49. The molecule has 2 N–H and O–H groups in total. The molecule has 0 unspecified atom stereocenters. The van der Waals surface area contributed by atoms with Crippen molar-refractivity contribution < 1.29 is 14.0 Å². The quantitative estimate of drug-likeness (QED) is 0.255. The number of aromatic nitrogens is 5. The van der Waals surface area contributed by atoms with Gasteiger partial charge >= 0.3 is 0 Å². The zero-order chi connectivity index (χ0) is 33.4. The molecule has 246 valence electrons. The van der Waals surface area contributed by atoms with Gasteiger partial charge in [0.05, 0.1) is 12.4 Å². The minimum Gasteiger partial charge on any atom is -0.371 e. The number of benzene rings is 3. The molecule has 0 aliphatic carbocycles. The van der Waals surface area contributed by atoms with E-state index in [2.05, 4.69) is 55.8 Å². The lowest BCUT2D eigenvalue weighted by Gasteiger charge is -2.41. The summed E-state index contributed by atoms with van der Waals surface area (Å²) in [5, 5.41) is 18.1. The normalized spacial score (nSPS) is 16.6. The highest BCUT2D eigenvalue weighted by atomic mass is 19.1. The molecule has 2 aliphatic heterocycles. The van der Waals surface area contributed by atoms with Crippen LogP contribution in [0.2, 0.25) is 0 Å². The number of aryl methyl sites for hydroxylation is 1. The van der Waals surface area contributed by atoms with Crippen LogP contribution in [-0.4, -0.2) is 86.6 Å². The van der Waals surface area contributed by atoms with Crippen LogP contribution in [0, 0.1) is 12.7 Å². The second-order valence-electron chi connectivity index (χ2n) is 12.7. The molecule has 0 saturated carbocycles. The smallest absolute Gasteiger partial charge is 0.277 e. The monoisotopic (exact) mass is 647 g/mol. The van der Waals surface area contributed by atoms with Crippen LogP contribution in [0.25, 0.3) is 16.8 Å². The van der Waals surface area contributed by atoms with Gasteiger partial charge in [0.2, 0.25) is 0 Å². The SMILES string of the molecule is Cc1cccc(-n2cc(C(=O)N3CCc4c(cccc4N4CCC(N(C)C)CC4)[C@@H]3C(=O)Nc3ccc(-c4cn[nH]c4)cc3)nn2)c1F. The molecule has 0 radical (unpaired) electrons. The molecule has 2 aliphatic rings. The van der Waals surface area contributed by atoms with Crippen LogP contribution in [-0.2, 0) is 11.2 Å². The van der Waals surface area contributed by atoms with Crippen molar-refractivity contribution in [3.63, 3.8) is 0 Å². The molecule has 1 saturated heterocycles. The van der Waals surface area contributed by atoms with E-state index >= 15 is 0 Å². The number of rotatable bonds is 7. The van der Waals surface area contributed by atoms with Gasteiger partial charge < -0.3 is 20.0 Å². The van der Waals surface area contributed by atoms with Crippen molar-refractivity contribution in [3.8, 4) is 16.8 Å². The molecule has 1 fully saturated rings. The molecular weight excluding hydrogens is 609 g/mol. The highest BCUT2D eigenvalue weighted by Crippen LogP contribution is 2.38. The number of hydrogen-bond acceptors (Lipinski definition) is 7. The van der Waals surface area contributed by atoms with Crippen molar-refractivity contribution in [1.29, 1.82) is 0 Å². The van der Waals surface area contributed by atoms with Gasteiger partial charge in [-0.15, -0.1) is 5.10 Å². The number of nitrogens with one attached hydrogen (secondary N) is 2. The maximum Gasteiger partial charge on any atom is 0.277 e. The van der Waals surface area contributed by atoms with Crippen LogP contribution < -0.4 is 10.2 Å². The summed E-state index contributed by atoms with van der Waals surface area (Å²) in [6, 6.07) is 18.1. The number of anilines is 2. The predicted octanol–water partition coefficient (Wildman–Crippen LogP) is 5.01. The van der Waals surface area contributed by atoms with Crippen molar-refractivity contribution >= 4 is 23.2 Å². The van der Waals surface area contributed by atoms with Crippen LogP contribution in [0.3, 0.4) is 0 Å². The Morgan fingerprint density at radius 3 is 2.44 bits per heavy atom. The van der Waals surface area contributed by atoms with Crippen LogP contribution in [0.1, 0.15) is 46.1 Å². The van der Waals surface area contributed by atoms with Crippen molar-refractivity contribution in [3.05, 3.63) is 107 Å². The van der Waals surface area contributed by atoms with Gasteiger partial charge in [-0.25, -0.2) is 9.07 Å². The largest absolute Gasteiger partial charge is 0.371 e. The fraction of sp³-hybridized carbons (Fsp3) is 0.306. The van der Waals surface area contributed by atoms with E-state index in [-0.39, 0.29) is 17.3 Å². The van der Waals surface area contributed by atoms with Crippen molar-refractivity contribution in [2.24, 2.45) is 0 Å². The van der Waals surface area contributed by atoms with E-state index in [1.54, 1.807) is 42.4 Å². The van der Waals surface area contributed by atoms with Gasteiger partial charge in [-0.1, -0.05) is 41.6 Å². The second kappa shape index (κ2) is 13.0. The Morgan fingerprint density at radius 1 is 0.958 bits per heavy atom. The summed E-state index contributed by atoms with van der Waals surface area (Å²) < 4.78 is 16.2. The number of hydrogen-bond donors (Lipinski definition) is 2. The first kappa shape index (κ1) is 31.3. The number of fused-ring (bicyclic) bond motifs is 1. The van der Waals surface area contributed by atoms with Crippen LogP contribution >= 0.6 is 0 Å². The minimum absolute atomic E-state index is 0.0310. The Hall–Kier alpha value is -5.36. The lowest BCUT2D eigenvalue weighted by molar-refractivity contribution is -0.121. The highest BCUT2D eigenvalue weighted by Gasteiger charge is 2.39. The van der Waals surface area contributed by atoms with Gasteiger partial charge in [0.25, 0.3) is 11.8 Å². The first-order chi connectivity index (χ1) is 23.3. The van der Waals surface area contributed by atoms with Crippen LogP contribution in [0.5, 0.6) is 0 Å². The van der Waals surface area contributed by atoms with E-state index in [4.69, 9.17) is 0 Å². The molecule has 5 aromatic rings. The third kappa shape index (κ3) is 5.95. The van der Waals surface area contributed by atoms with Gasteiger partial charge in [0.15, 0.2) is 11.5 Å². The summed E-state index contributed by atoms with van der Waals surface area (Å²) in [7, 11) is 4.25. The zero-order valence-corrected chi connectivity index (χ0v) is 27.2. The first-order valence-electron chi connectivity index (χ1n) is 16.2. The number of carbonyl (C=O) groups excluding carboxylic acids is 2. The average molecular weight is 648 g/mol. The summed E-state index contributed by atoms with van der Waals surface area (Å²) in [5.74, 6) is -1.22. The molecule has 0 bridgehead atoms. The van der Waals surface area contributed by atoms with Gasteiger partial charge in [-0.2, -0.15) is 5.10 Å². The number of aromatic amines is 1. The summed E-state index contributed by atoms with van der Waals surface area (Å²) in [6.07, 6.45) is 7.65. The van der Waals surface area contributed by atoms with E-state index in [1.165, 1.54) is 10.9 Å². The molecule has 1 atom stereocenters. The van der Waals surface area contributed by atoms with E-state index in [0.717, 1.165) is 53.9 Å². The fourth-order valence-electron chi connectivity index (χ4n) is 6.87. The minimum atomic E-state index is -0.921. The molecule has 4 heterocycles. The molecule has 7 rings (SSSR count). The summed E-state index contributed by atoms with van der Waals surface area (Å²) >= 11 is 0. The van der Waals surface area contributed by atoms with Crippen molar-refractivity contribution in [2.75, 3.05) is 43.9 Å². The van der Waals surface area contributed by atoms with E-state index in [9.17, 15) is 14.0 Å². The number of halogens is 1.